The summed E-state index contributed by atoms with van der Waals surface area (Å²) in [4.78, 5) is 2.75. The van der Waals surface area contributed by atoms with Gasteiger partial charge in [0.25, 0.3) is 0 Å². The summed E-state index contributed by atoms with van der Waals surface area (Å²) >= 11 is 5.97. The highest BCUT2D eigenvalue weighted by molar-refractivity contribution is 7.89. The van der Waals surface area contributed by atoms with E-state index in [1.165, 1.54) is 5.57 Å². The minimum atomic E-state index is -3.52. The van der Waals surface area contributed by atoms with Crippen LogP contribution in [-0.2, 0) is 10.0 Å². The van der Waals surface area contributed by atoms with Crippen molar-refractivity contribution < 1.29 is 8.42 Å². The summed E-state index contributed by atoms with van der Waals surface area (Å²) < 4.78 is 28.7. The molecule has 0 amide bonds. The largest absolute Gasteiger partial charge is 0.385 e. The number of hydrogen-bond donors (Lipinski definition) is 1. The number of nitrogens with one attached hydrogen (secondary N) is 1. The van der Waals surface area contributed by atoms with Gasteiger partial charge in [0.2, 0.25) is 10.0 Å². The highest BCUT2D eigenvalue weighted by atomic mass is 35.5. The third kappa shape index (κ3) is 6.85. The Hall–Kier alpha value is -1.86. The van der Waals surface area contributed by atoms with Crippen LogP contribution in [-0.4, -0.2) is 55.9 Å². The Labute approximate surface area is 210 Å². The average Bonchev–Trinajstić information content (AvgIpc) is 3.64. The molecule has 1 aliphatic carbocycles. The highest BCUT2D eigenvalue weighted by Crippen LogP contribution is 2.37. The Morgan fingerprint density at radius 1 is 1.09 bits per heavy atom. The molecule has 1 aromatic rings. The van der Waals surface area contributed by atoms with Crippen molar-refractivity contribution in [3.63, 3.8) is 0 Å². The number of hydrogen-bond acceptors (Lipinski definition) is 4. The van der Waals surface area contributed by atoms with Crippen molar-refractivity contribution in [2.45, 2.75) is 63.4 Å². The van der Waals surface area contributed by atoms with Crippen LogP contribution < -0.4 is 5.32 Å². The molecule has 186 valence electrons. The lowest BCUT2D eigenvalue weighted by molar-refractivity contribution is 0.165. The maximum atomic E-state index is 13.4. The van der Waals surface area contributed by atoms with Gasteiger partial charge in [0.15, 0.2) is 0 Å². The summed E-state index contributed by atoms with van der Waals surface area (Å²) in [5, 5.41) is 3.89. The molecule has 2 fully saturated rings. The van der Waals surface area contributed by atoms with E-state index in [1.807, 2.05) is 13.8 Å². The van der Waals surface area contributed by atoms with Gasteiger partial charge >= 0.3 is 0 Å². The number of sulfonamides is 1. The minimum absolute atomic E-state index is 0.0448. The first-order chi connectivity index (χ1) is 16.3. The number of benzene rings is 1. The fourth-order valence-electron chi connectivity index (χ4n) is 4.46. The van der Waals surface area contributed by atoms with Gasteiger partial charge in [-0.2, -0.15) is 4.31 Å². The molecule has 1 saturated heterocycles. The SMILES string of the molecule is C=C1/C=C(/C)NC/C=C\C=C/1CN1CCC(N(C2CC2)S(=O)(=O)c2ccc(Cl)cc2)CC1.CC. The van der Waals surface area contributed by atoms with Crippen LogP contribution in [0.1, 0.15) is 46.5 Å². The van der Waals surface area contributed by atoms with Crippen molar-refractivity contribution in [3.8, 4) is 0 Å². The number of piperidine rings is 1. The van der Waals surface area contributed by atoms with Crippen molar-refractivity contribution in [2.24, 2.45) is 0 Å². The van der Waals surface area contributed by atoms with E-state index in [0.717, 1.165) is 63.1 Å². The maximum Gasteiger partial charge on any atom is 0.243 e. The molecular weight excluding hydrogens is 466 g/mol. The molecule has 2 aliphatic heterocycles. The molecule has 0 aromatic heterocycles. The molecule has 0 radical (unpaired) electrons. The van der Waals surface area contributed by atoms with Gasteiger partial charge in [-0.15, -0.1) is 0 Å². The molecule has 0 atom stereocenters. The molecule has 2 heterocycles. The molecule has 0 bridgehead atoms. The molecule has 7 heteroatoms. The summed E-state index contributed by atoms with van der Waals surface area (Å²) in [6.45, 7) is 13.7. The normalized spacial score (nSPS) is 24.3. The van der Waals surface area contributed by atoms with Gasteiger partial charge in [-0.25, -0.2) is 8.42 Å². The Balaban J connectivity index is 0.00000158. The smallest absolute Gasteiger partial charge is 0.243 e. The lowest BCUT2D eigenvalue weighted by Gasteiger charge is -2.38. The molecule has 1 saturated carbocycles. The van der Waals surface area contributed by atoms with Crippen LogP contribution in [0.4, 0.5) is 0 Å². The number of likely N-dealkylation sites (tertiary alicyclic amines) is 1. The van der Waals surface area contributed by atoms with Gasteiger partial charge in [0, 0.05) is 49.0 Å². The van der Waals surface area contributed by atoms with Crippen molar-refractivity contribution in [1.82, 2.24) is 14.5 Å². The van der Waals surface area contributed by atoms with E-state index >= 15 is 0 Å². The minimum Gasteiger partial charge on any atom is -0.385 e. The second kappa shape index (κ2) is 12.2. The Kier molecular flexibility index (Phi) is 9.60. The topological polar surface area (TPSA) is 52.6 Å². The molecular formula is C27H38ClN3O2S. The summed E-state index contributed by atoms with van der Waals surface area (Å²) in [6, 6.07) is 6.73. The van der Waals surface area contributed by atoms with Gasteiger partial charge in [-0.3, -0.25) is 4.90 Å². The van der Waals surface area contributed by atoms with E-state index in [-0.39, 0.29) is 12.1 Å². The zero-order valence-electron chi connectivity index (χ0n) is 20.6. The predicted molar refractivity (Wildman–Crippen MR) is 142 cm³/mol. The molecule has 5 nitrogen and oxygen atoms in total. The lowest BCUT2D eigenvalue weighted by Crippen LogP contribution is -2.48. The van der Waals surface area contributed by atoms with E-state index in [1.54, 1.807) is 28.6 Å². The summed E-state index contributed by atoms with van der Waals surface area (Å²) in [7, 11) is -3.52. The van der Waals surface area contributed by atoms with Crippen LogP contribution in [0, 0.1) is 0 Å². The van der Waals surface area contributed by atoms with Crippen LogP contribution >= 0.6 is 11.6 Å². The van der Waals surface area contributed by atoms with Crippen LogP contribution in [0.25, 0.3) is 0 Å². The Morgan fingerprint density at radius 2 is 1.71 bits per heavy atom. The summed E-state index contributed by atoms with van der Waals surface area (Å²) in [6.07, 6.45) is 12.0. The zero-order chi connectivity index (χ0) is 24.7. The van der Waals surface area contributed by atoms with Crippen LogP contribution in [0.3, 0.4) is 0 Å². The third-order valence-electron chi connectivity index (χ3n) is 6.34. The number of rotatable bonds is 6. The van der Waals surface area contributed by atoms with Crippen LogP contribution in [0.15, 0.2) is 76.9 Å². The first-order valence-electron chi connectivity index (χ1n) is 12.3. The maximum absolute atomic E-state index is 13.4. The summed E-state index contributed by atoms with van der Waals surface area (Å²) in [5.74, 6) is 0. The molecule has 0 spiro atoms. The molecule has 3 aliphatic rings. The molecule has 4 rings (SSSR count). The quantitative estimate of drug-likeness (QED) is 0.554. The van der Waals surface area contributed by atoms with Crippen LogP contribution in [0.5, 0.6) is 0 Å². The van der Waals surface area contributed by atoms with Gasteiger partial charge in [0.05, 0.1) is 4.90 Å². The third-order valence-corrected chi connectivity index (χ3v) is 8.61. The monoisotopic (exact) mass is 503 g/mol. The van der Waals surface area contributed by atoms with E-state index in [9.17, 15) is 8.42 Å². The fraction of sp³-hybridized carbons (Fsp3) is 0.481. The van der Waals surface area contributed by atoms with Gasteiger partial charge in [0.1, 0.15) is 0 Å². The first-order valence-corrected chi connectivity index (χ1v) is 14.1. The first kappa shape index (κ1) is 26.7. The van der Waals surface area contributed by atoms with Gasteiger partial charge in [-0.05, 0) is 74.1 Å². The molecule has 0 unspecified atom stereocenters. The lowest BCUT2D eigenvalue weighted by atomic mass is 10.0. The Bertz CT molecular complexity index is 1030. The van der Waals surface area contributed by atoms with E-state index in [2.05, 4.69) is 48.0 Å². The van der Waals surface area contributed by atoms with Crippen molar-refractivity contribution in [1.29, 1.82) is 0 Å². The Morgan fingerprint density at radius 3 is 2.32 bits per heavy atom. The van der Waals surface area contributed by atoms with E-state index < -0.39 is 10.0 Å². The zero-order valence-corrected chi connectivity index (χ0v) is 22.2. The van der Waals surface area contributed by atoms with Crippen molar-refractivity contribution >= 4 is 21.6 Å². The van der Waals surface area contributed by atoms with E-state index in [0.29, 0.717) is 9.92 Å². The number of halogens is 1. The average molecular weight is 504 g/mol. The van der Waals surface area contributed by atoms with Gasteiger partial charge < -0.3 is 5.32 Å². The fourth-order valence-corrected chi connectivity index (χ4v) is 6.52. The second-order valence-corrected chi connectivity index (χ2v) is 11.2. The standard InChI is InChI=1S/C25H32ClN3O2S.C2H6/c1-19-17-20(2)27-14-4-3-5-21(19)18-28-15-12-24(13-16-28)29(23-8-9-23)32(30,31)25-10-6-22(26)7-11-25;1-2/h3-7,10-11,17,23-24,27H,1,8-9,12-16,18H2,2H3;1-2H3/b4-3-,20-17-,21-5-;. The van der Waals surface area contributed by atoms with Crippen LogP contribution in [0.2, 0.25) is 5.02 Å². The van der Waals surface area contributed by atoms with E-state index in [4.69, 9.17) is 11.6 Å². The predicted octanol–water partition coefficient (Wildman–Crippen LogP) is 5.53. The molecule has 34 heavy (non-hydrogen) atoms. The van der Waals surface area contributed by atoms with Crippen molar-refractivity contribution in [2.75, 3.05) is 26.2 Å². The van der Waals surface area contributed by atoms with Gasteiger partial charge in [-0.1, -0.05) is 50.3 Å². The number of nitrogens with zero attached hydrogens (tertiary/aromatic N) is 2. The summed E-state index contributed by atoms with van der Waals surface area (Å²) in [5.41, 5.74) is 3.34. The van der Waals surface area contributed by atoms with Crippen molar-refractivity contribution in [3.05, 3.63) is 77.0 Å². The molecule has 1 N–H and O–H groups in total. The molecule has 1 aromatic carbocycles. The highest BCUT2D eigenvalue weighted by Gasteiger charge is 2.43. The number of allylic oxidation sites excluding steroid dienone is 4. The second-order valence-electron chi connectivity index (χ2n) is 8.88.